The van der Waals surface area contributed by atoms with Gasteiger partial charge in [0.1, 0.15) is 0 Å². The van der Waals surface area contributed by atoms with Crippen LogP contribution in [0.5, 0.6) is 0 Å². The van der Waals surface area contributed by atoms with Crippen molar-refractivity contribution in [1.29, 1.82) is 0 Å². The Labute approximate surface area is 137 Å². The highest BCUT2D eigenvalue weighted by molar-refractivity contribution is 5.85. The molecule has 5 nitrogen and oxygen atoms in total. The minimum absolute atomic E-state index is 0. The molecule has 2 amide bonds. The van der Waals surface area contributed by atoms with Gasteiger partial charge >= 0.3 is 0 Å². The van der Waals surface area contributed by atoms with Gasteiger partial charge in [0.2, 0.25) is 11.8 Å². The molecule has 22 heavy (non-hydrogen) atoms. The first-order valence-corrected chi connectivity index (χ1v) is 7.41. The summed E-state index contributed by atoms with van der Waals surface area (Å²) in [5.74, 6) is 0.309. The minimum Gasteiger partial charge on any atom is -0.352 e. The molecule has 6 heteroatoms. The van der Waals surface area contributed by atoms with E-state index in [1.165, 1.54) is 6.92 Å². The molecule has 1 aliphatic rings. The molecule has 0 bridgehead atoms. The van der Waals surface area contributed by atoms with Crippen LogP contribution >= 0.6 is 12.4 Å². The number of benzene rings is 1. The highest BCUT2D eigenvalue weighted by atomic mass is 35.5. The summed E-state index contributed by atoms with van der Waals surface area (Å²) in [5.41, 5.74) is 6.63. The van der Waals surface area contributed by atoms with E-state index in [0.29, 0.717) is 12.5 Å². The van der Waals surface area contributed by atoms with Gasteiger partial charge in [0.15, 0.2) is 0 Å². The summed E-state index contributed by atoms with van der Waals surface area (Å²) in [6.07, 6.45) is 2.50. The molecule has 0 radical (unpaired) electrons. The average Bonchev–Trinajstić information content (AvgIpc) is 3.29. The molecule has 4 N–H and O–H groups in total. The van der Waals surface area contributed by atoms with Crippen LogP contribution in [0.1, 0.15) is 37.8 Å². The van der Waals surface area contributed by atoms with E-state index < -0.39 is 0 Å². The molecule has 0 spiro atoms. The summed E-state index contributed by atoms with van der Waals surface area (Å²) >= 11 is 0. The molecule has 1 aliphatic carbocycles. The van der Waals surface area contributed by atoms with Gasteiger partial charge in [-0.1, -0.05) is 30.3 Å². The van der Waals surface area contributed by atoms with E-state index in [-0.39, 0.29) is 42.7 Å². The zero-order valence-electron chi connectivity index (χ0n) is 12.7. The van der Waals surface area contributed by atoms with Crippen LogP contribution < -0.4 is 16.4 Å². The molecule has 1 fully saturated rings. The number of hydrogen-bond acceptors (Lipinski definition) is 3. The molecular formula is C16H24ClN3O2. The number of halogens is 1. The van der Waals surface area contributed by atoms with E-state index in [2.05, 4.69) is 10.6 Å². The predicted octanol–water partition coefficient (Wildman–Crippen LogP) is 1.53. The van der Waals surface area contributed by atoms with E-state index >= 15 is 0 Å². The third-order valence-electron chi connectivity index (χ3n) is 3.76. The van der Waals surface area contributed by atoms with Gasteiger partial charge in [-0.3, -0.25) is 9.59 Å². The van der Waals surface area contributed by atoms with Gasteiger partial charge in [-0.05, 0) is 24.3 Å². The number of carbonyl (C=O) groups excluding carboxylic acids is 2. The topological polar surface area (TPSA) is 84.2 Å². The lowest BCUT2D eigenvalue weighted by Gasteiger charge is -2.21. The summed E-state index contributed by atoms with van der Waals surface area (Å²) in [7, 11) is 0. The third-order valence-corrected chi connectivity index (χ3v) is 3.76. The number of hydrogen-bond donors (Lipinski definition) is 3. The van der Waals surface area contributed by atoms with Crippen molar-refractivity contribution in [3.8, 4) is 0 Å². The van der Waals surface area contributed by atoms with Crippen molar-refractivity contribution in [2.24, 2.45) is 11.7 Å². The fourth-order valence-electron chi connectivity index (χ4n) is 2.50. The standard InChI is InChI=1S/C16H23N3O2.ClH/c1-11(20)18-14(12-5-3-2-4-6-12)9-16(21)19-15(10-17)13-7-8-13;/h2-6,13-15H,7-10,17H2,1H3,(H,18,20)(H,19,21);1H. The van der Waals surface area contributed by atoms with Crippen LogP contribution in [0, 0.1) is 5.92 Å². The minimum atomic E-state index is -0.304. The maximum absolute atomic E-state index is 12.2. The number of nitrogens with two attached hydrogens (primary N) is 1. The Hall–Kier alpha value is -1.59. The van der Waals surface area contributed by atoms with Crippen molar-refractivity contribution in [3.05, 3.63) is 35.9 Å². The summed E-state index contributed by atoms with van der Waals surface area (Å²) in [6, 6.07) is 9.28. The Morgan fingerprint density at radius 2 is 1.86 bits per heavy atom. The number of amides is 2. The fraction of sp³-hybridized carbons (Fsp3) is 0.500. The predicted molar refractivity (Wildman–Crippen MR) is 88.6 cm³/mol. The highest BCUT2D eigenvalue weighted by Gasteiger charge is 2.31. The Balaban J connectivity index is 0.00000242. The SMILES string of the molecule is CC(=O)NC(CC(=O)NC(CN)C1CC1)c1ccccc1.Cl. The highest BCUT2D eigenvalue weighted by Crippen LogP contribution is 2.32. The molecule has 0 aliphatic heterocycles. The van der Waals surface area contributed by atoms with Crippen molar-refractivity contribution >= 4 is 24.2 Å². The van der Waals surface area contributed by atoms with Gasteiger partial charge in [-0.2, -0.15) is 0 Å². The largest absolute Gasteiger partial charge is 0.352 e. The van der Waals surface area contributed by atoms with Gasteiger partial charge < -0.3 is 16.4 Å². The van der Waals surface area contributed by atoms with Crippen LogP contribution in [-0.2, 0) is 9.59 Å². The quantitative estimate of drug-likeness (QED) is 0.711. The Morgan fingerprint density at radius 1 is 1.23 bits per heavy atom. The van der Waals surface area contributed by atoms with E-state index in [1.54, 1.807) is 0 Å². The van der Waals surface area contributed by atoms with Crippen LogP contribution in [0.15, 0.2) is 30.3 Å². The molecule has 1 aromatic rings. The summed E-state index contributed by atoms with van der Waals surface area (Å²) < 4.78 is 0. The van der Waals surface area contributed by atoms with Gasteiger partial charge in [-0.25, -0.2) is 0 Å². The third kappa shape index (κ3) is 5.66. The Bertz CT molecular complexity index is 491. The monoisotopic (exact) mass is 325 g/mol. The van der Waals surface area contributed by atoms with E-state index in [0.717, 1.165) is 18.4 Å². The van der Waals surface area contributed by atoms with Gasteiger partial charge in [-0.15, -0.1) is 12.4 Å². The molecular weight excluding hydrogens is 302 g/mol. The van der Waals surface area contributed by atoms with Crippen molar-refractivity contribution in [2.45, 2.75) is 38.3 Å². The van der Waals surface area contributed by atoms with E-state index in [4.69, 9.17) is 5.73 Å². The van der Waals surface area contributed by atoms with Crippen LogP contribution in [0.2, 0.25) is 0 Å². The first-order chi connectivity index (χ1) is 10.1. The maximum atomic E-state index is 12.2. The van der Waals surface area contributed by atoms with Crippen LogP contribution in [0.3, 0.4) is 0 Å². The summed E-state index contributed by atoms with van der Waals surface area (Å²) in [6.45, 7) is 1.92. The number of rotatable bonds is 7. The molecule has 2 unspecified atom stereocenters. The average molecular weight is 326 g/mol. The van der Waals surface area contributed by atoms with Crippen LogP contribution in [-0.4, -0.2) is 24.4 Å². The fourth-order valence-corrected chi connectivity index (χ4v) is 2.50. The maximum Gasteiger partial charge on any atom is 0.222 e. The van der Waals surface area contributed by atoms with E-state index in [1.807, 2.05) is 30.3 Å². The Kier molecular flexibility index (Phi) is 7.35. The van der Waals surface area contributed by atoms with Gasteiger partial charge in [0.05, 0.1) is 12.5 Å². The molecule has 2 atom stereocenters. The molecule has 2 rings (SSSR count). The molecule has 1 saturated carbocycles. The number of nitrogens with one attached hydrogen (secondary N) is 2. The van der Waals surface area contributed by atoms with Crippen LogP contribution in [0.4, 0.5) is 0 Å². The van der Waals surface area contributed by atoms with Gasteiger partial charge in [0, 0.05) is 19.5 Å². The second kappa shape index (κ2) is 8.76. The molecule has 0 aromatic heterocycles. The second-order valence-corrected chi connectivity index (χ2v) is 5.62. The van der Waals surface area contributed by atoms with E-state index in [9.17, 15) is 9.59 Å². The molecule has 122 valence electrons. The lowest BCUT2D eigenvalue weighted by atomic mass is 10.0. The lowest BCUT2D eigenvalue weighted by Crippen LogP contribution is -2.43. The first-order valence-electron chi connectivity index (χ1n) is 7.41. The zero-order valence-corrected chi connectivity index (χ0v) is 13.6. The van der Waals surface area contributed by atoms with Crippen molar-refractivity contribution in [3.63, 3.8) is 0 Å². The van der Waals surface area contributed by atoms with Crippen molar-refractivity contribution < 1.29 is 9.59 Å². The lowest BCUT2D eigenvalue weighted by molar-refractivity contribution is -0.123. The molecule has 0 saturated heterocycles. The zero-order chi connectivity index (χ0) is 15.2. The Morgan fingerprint density at radius 3 is 2.36 bits per heavy atom. The van der Waals surface area contributed by atoms with Gasteiger partial charge in [0.25, 0.3) is 0 Å². The van der Waals surface area contributed by atoms with Crippen molar-refractivity contribution in [1.82, 2.24) is 10.6 Å². The first kappa shape index (κ1) is 18.5. The normalized spacial score (nSPS) is 16.1. The van der Waals surface area contributed by atoms with Crippen LogP contribution in [0.25, 0.3) is 0 Å². The smallest absolute Gasteiger partial charge is 0.222 e. The summed E-state index contributed by atoms with van der Waals surface area (Å²) in [5, 5.41) is 5.82. The molecule has 0 heterocycles. The second-order valence-electron chi connectivity index (χ2n) is 5.62. The van der Waals surface area contributed by atoms with Crippen molar-refractivity contribution in [2.75, 3.05) is 6.54 Å². The molecule has 1 aromatic carbocycles. The number of carbonyl (C=O) groups is 2. The summed E-state index contributed by atoms with van der Waals surface area (Å²) in [4.78, 5) is 23.5.